The molecule has 18 heavy (non-hydrogen) atoms. The molecule has 3 rings (SSSR count). The lowest BCUT2D eigenvalue weighted by Gasteiger charge is -2.05. The summed E-state index contributed by atoms with van der Waals surface area (Å²) < 4.78 is 18.7. The van der Waals surface area contributed by atoms with E-state index in [4.69, 9.17) is 9.84 Å². The Morgan fingerprint density at radius 2 is 2.33 bits per heavy atom. The zero-order chi connectivity index (χ0) is 12.7. The molecule has 2 N–H and O–H groups in total. The normalized spacial score (nSPS) is 13.2. The fourth-order valence-corrected chi connectivity index (χ4v) is 2.08. The molecule has 1 aromatic carbocycles. The Labute approximate surface area is 101 Å². The number of H-pyrrole nitrogens is 1. The summed E-state index contributed by atoms with van der Waals surface area (Å²) in [5.74, 6) is -0.979. The molecule has 92 valence electrons. The van der Waals surface area contributed by atoms with Crippen LogP contribution in [0.5, 0.6) is 5.75 Å². The van der Waals surface area contributed by atoms with Crippen LogP contribution in [0.4, 0.5) is 4.39 Å². The summed E-state index contributed by atoms with van der Waals surface area (Å²) in [5.41, 5.74) is 1.50. The van der Waals surface area contributed by atoms with Gasteiger partial charge in [0, 0.05) is 17.5 Å². The molecule has 0 radical (unpaired) electrons. The molecule has 2 aromatic rings. The second-order valence-corrected chi connectivity index (χ2v) is 3.97. The monoisotopic (exact) mass is 248 g/mol. The Kier molecular flexibility index (Phi) is 2.29. The molecule has 0 bridgehead atoms. The van der Waals surface area contributed by atoms with Crippen molar-refractivity contribution in [1.29, 1.82) is 0 Å². The van der Waals surface area contributed by atoms with E-state index in [2.05, 4.69) is 10.2 Å². The smallest absolute Gasteiger partial charge is 0.354 e. The molecule has 0 unspecified atom stereocenters. The van der Waals surface area contributed by atoms with Gasteiger partial charge in [-0.25, -0.2) is 9.18 Å². The molecule has 0 saturated heterocycles. The molecule has 0 fully saturated rings. The zero-order valence-corrected chi connectivity index (χ0v) is 9.24. The average Bonchev–Trinajstić information content (AvgIpc) is 2.67. The van der Waals surface area contributed by atoms with Gasteiger partial charge in [-0.05, 0) is 18.2 Å². The van der Waals surface area contributed by atoms with Gasteiger partial charge in [-0.3, -0.25) is 5.10 Å². The van der Waals surface area contributed by atoms with Crippen LogP contribution in [-0.2, 0) is 6.42 Å². The van der Waals surface area contributed by atoms with E-state index in [0.29, 0.717) is 35.6 Å². The zero-order valence-electron chi connectivity index (χ0n) is 9.24. The van der Waals surface area contributed by atoms with Gasteiger partial charge in [-0.1, -0.05) is 0 Å². The fraction of sp³-hybridized carbons (Fsp3) is 0.167. The number of aromatic nitrogens is 2. The number of carboxylic acids is 1. The molecule has 2 heterocycles. The van der Waals surface area contributed by atoms with Crippen molar-refractivity contribution in [1.82, 2.24) is 10.2 Å². The highest BCUT2D eigenvalue weighted by Crippen LogP contribution is 2.35. The quantitative estimate of drug-likeness (QED) is 0.807. The van der Waals surface area contributed by atoms with Gasteiger partial charge in [0.25, 0.3) is 0 Å². The third-order valence-electron chi connectivity index (χ3n) is 2.89. The maximum atomic E-state index is 13.3. The molecule has 1 aliphatic rings. The molecular weight excluding hydrogens is 239 g/mol. The number of carboxylic acid groups (broad SMARTS) is 1. The highest BCUT2D eigenvalue weighted by atomic mass is 19.1. The minimum absolute atomic E-state index is 0.0331. The van der Waals surface area contributed by atoms with Crippen LogP contribution in [0.15, 0.2) is 18.2 Å². The largest absolute Gasteiger partial charge is 0.493 e. The lowest BCUT2D eigenvalue weighted by atomic mass is 10.0. The van der Waals surface area contributed by atoms with Crippen molar-refractivity contribution in [3.05, 3.63) is 35.3 Å². The van der Waals surface area contributed by atoms with E-state index < -0.39 is 11.8 Å². The number of fused-ring (bicyclic) bond motifs is 3. The molecule has 0 saturated carbocycles. The first-order valence-electron chi connectivity index (χ1n) is 5.40. The van der Waals surface area contributed by atoms with E-state index in [-0.39, 0.29) is 5.69 Å². The number of nitrogens with one attached hydrogen (secondary N) is 1. The maximum Gasteiger partial charge on any atom is 0.354 e. The standard InChI is InChI=1S/C12H9FN2O3/c13-6-1-2-9-8(5-6)10-7(3-4-18-9)11(12(16)17)15-14-10/h1-2,5H,3-4H2,(H,14,15)(H,16,17). The van der Waals surface area contributed by atoms with Crippen LogP contribution in [0.2, 0.25) is 0 Å². The van der Waals surface area contributed by atoms with Crippen molar-refractivity contribution < 1.29 is 19.0 Å². The van der Waals surface area contributed by atoms with Gasteiger partial charge in [0.05, 0.1) is 6.61 Å². The summed E-state index contributed by atoms with van der Waals surface area (Å²) in [6.45, 7) is 0.339. The van der Waals surface area contributed by atoms with E-state index >= 15 is 0 Å². The number of ether oxygens (including phenoxy) is 1. The Morgan fingerprint density at radius 3 is 3.11 bits per heavy atom. The van der Waals surface area contributed by atoms with Crippen molar-refractivity contribution in [2.75, 3.05) is 6.61 Å². The van der Waals surface area contributed by atoms with E-state index in [1.807, 2.05) is 0 Å². The van der Waals surface area contributed by atoms with Gasteiger partial charge >= 0.3 is 5.97 Å². The fourth-order valence-electron chi connectivity index (χ4n) is 2.08. The van der Waals surface area contributed by atoms with E-state index in [1.165, 1.54) is 18.2 Å². The Bertz CT molecular complexity index is 636. The lowest BCUT2D eigenvalue weighted by molar-refractivity contribution is 0.0689. The number of carbonyl (C=O) groups is 1. The number of aromatic amines is 1. The van der Waals surface area contributed by atoms with Crippen molar-refractivity contribution in [2.24, 2.45) is 0 Å². The predicted molar refractivity (Wildman–Crippen MR) is 60.1 cm³/mol. The minimum atomic E-state index is -1.08. The average molecular weight is 248 g/mol. The predicted octanol–water partition coefficient (Wildman–Crippen LogP) is 1.85. The molecule has 1 aromatic heterocycles. The van der Waals surface area contributed by atoms with Gasteiger partial charge < -0.3 is 9.84 Å². The van der Waals surface area contributed by atoms with Crippen LogP contribution < -0.4 is 4.74 Å². The summed E-state index contributed by atoms with van der Waals surface area (Å²) in [5, 5.41) is 15.5. The lowest BCUT2D eigenvalue weighted by Crippen LogP contribution is -2.05. The molecular formula is C12H9FN2O3. The number of nitrogens with zero attached hydrogens (tertiary/aromatic N) is 1. The first-order valence-corrected chi connectivity index (χ1v) is 5.40. The highest BCUT2D eigenvalue weighted by Gasteiger charge is 2.24. The van der Waals surface area contributed by atoms with Crippen molar-refractivity contribution in [3.63, 3.8) is 0 Å². The molecule has 1 aliphatic heterocycles. The summed E-state index contributed by atoms with van der Waals surface area (Å²) in [6.07, 6.45) is 0.420. The van der Waals surface area contributed by atoms with Crippen LogP contribution in [0.25, 0.3) is 11.3 Å². The third kappa shape index (κ3) is 1.54. The Balaban J connectivity index is 2.25. The van der Waals surface area contributed by atoms with Crippen LogP contribution in [0, 0.1) is 5.82 Å². The number of benzene rings is 1. The van der Waals surface area contributed by atoms with Gasteiger partial charge in [-0.2, -0.15) is 5.10 Å². The second kappa shape index (κ2) is 3.83. The highest BCUT2D eigenvalue weighted by molar-refractivity contribution is 5.90. The van der Waals surface area contributed by atoms with Crippen molar-refractivity contribution >= 4 is 5.97 Å². The summed E-state index contributed by atoms with van der Waals surface area (Å²) in [7, 11) is 0. The first kappa shape index (κ1) is 10.8. The maximum absolute atomic E-state index is 13.3. The molecule has 0 spiro atoms. The van der Waals surface area contributed by atoms with Gasteiger partial charge in [0.2, 0.25) is 0 Å². The SMILES string of the molecule is O=C(O)c1[nH]nc2c1CCOc1ccc(F)cc1-2. The van der Waals surface area contributed by atoms with Crippen LogP contribution in [-0.4, -0.2) is 27.9 Å². The van der Waals surface area contributed by atoms with Crippen LogP contribution in [0.3, 0.4) is 0 Å². The number of hydrogen-bond acceptors (Lipinski definition) is 3. The number of hydrogen-bond donors (Lipinski definition) is 2. The summed E-state index contributed by atoms with van der Waals surface area (Å²) in [4.78, 5) is 11.0. The first-order chi connectivity index (χ1) is 8.66. The van der Waals surface area contributed by atoms with Crippen LogP contribution >= 0.6 is 0 Å². The van der Waals surface area contributed by atoms with Gasteiger partial charge in [0.1, 0.15) is 23.0 Å². The molecule has 5 nitrogen and oxygen atoms in total. The van der Waals surface area contributed by atoms with Crippen LogP contribution in [0.1, 0.15) is 16.1 Å². The number of aromatic carboxylic acids is 1. The topological polar surface area (TPSA) is 75.2 Å². The van der Waals surface area contributed by atoms with Crippen molar-refractivity contribution in [3.8, 4) is 17.0 Å². The summed E-state index contributed by atoms with van der Waals surface area (Å²) >= 11 is 0. The van der Waals surface area contributed by atoms with E-state index in [1.54, 1.807) is 0 Å². The van der Waals surface area contributed by atoms with Gasteiger partial charge in [0.15, 0.2) is 0 Å². The third-order valence-corrected chi connectivity index (χ3v) is 2.89. The van der Waals surface area contributed by atoms with E-state index in [9.17, 15) is 9.18 Å². The molecule has 0 aliphatic carbocycles. The molecule has 6 heteroatoms. The second-order valence-electron chi connectivity index (χ2n) is 3.97. The Hall–Kier alpha value is -2.37. The van der Waals surface area contributed by atoms with E-state index in [0.717, 1.165) is 0 Å². The van der Waals surface area contributed by atoms with Crippen molar-refractivity contribution in [2.45, 2.75) is 6.42 Å². The van der Waals surface area contributed by atoms with Gasteiger partial charge in [-0.15, -0.1) is 0 Å². The molecule has 0 amide bonds. The number of rotatable bonds is 1. The number of halogens is 1. The minimum Gasteiger partial charge on any atom is -0.493 e. The Morgan fingerprint density at radius 1 is 1.50 bits per heavy atom. The summed E-state index contributed by atoms with van der Waals surface area (Å²) in [6, 6.07) is 4.12. The molecule has 0 atom stereocenters.